The highest BCUT2D eigenvalue weighted by atomic mass is 16.5. The zero-order valence-electron chi connectivity index (χ0n) is 10.7. The Morgan fingerprint density at radius 3 is 2.67 bits per heavy atom. The summed E-state index contributed by atoms with van der Waals surface area (Å²) < 4.78 is 10.4. The normalized spacial score (nSPS) is 15.9. The summed E-state index contributed by atoms with van der Waals surface area (Å²) in [6.07, 6.45) is 1.52. The molecule has 1 aliphatic rings. The Kier molecular flexibility index (Phi) is 3.43. The van der Waals surface area contributed by atoms with E-state index in [1.165, 1.54) is 0 Å². The van der Waals surface area contributed by atoms with Crippen LogP contribution in [-0.4, -0.2) is 25.7 Å². The first-order chi connectivity index (χ1) is 8.59. The van der Waals surface area contributed by atoms with Gasteiger partial charge in [-0.2, -0.15) is 0 Å². The molecule has 1 aromatic carbocycles. The minimum Gasteiger partial charge on any atom is -0.497 e. The van der Waals surface area contributed by atoms with Crippen LogP contribution in [0.15, 0.2) is 18.2 Å². The molecule has 0 aliphatic heterocycles. The zero-order chi connectivity index (χ0) is 13.2. The highest BCUT2D eigenvalue weighted by Crippen LogP contribution is 2.32. The number of hydrogen-bond acceptors (Lipinski definition) is 4. The van der Waals surface area contributed by atoms with Crippen molar-refractivity contribution in [3.8, 4) is 11.5 Å². The van der Waals surface area contributed by atoms with Gasteiger partial charge < -0.3 is 20.5 Å². The molecule has 1 aliphatic carbocycles. The largest absolute Gasteiger partial charge is 0.497 e. The summed E-state index contributed by atoms with van der Waals surface area (Å²) in [6.45, 7) is 0.387. The number of amides is 1. The van der Waals surface area contributed by atoms with Crippen molar-refractivity contribution in [1.29, 1.82) is 0 Å². The molecule has 0 radical (unpaired) electrons. The van der Waals surface area contributed by atoms with E-state index in [1.807, 2.05) is 18.2 Å². The molecule has 0 saturated heterocycles. The Bertz CT molecular complexity index is 456. The fourth-order valence-corrected chi connectivity index (χ4v) is 1.73. The van der Waals surface area contributed by atoms with Crippen LogP contribution in [0.3, 0.4) is 0 Å². The first-order valence-corrected chi connectivity index (χ1v) is 5.87. The molecule has 0 atom stereocenters. The maximum Gasteiger partial charge on any atom is 0.240 e. The highest BCUT2D eigenvalue weighted by molar-refractivity contribution is 5.88. The van der Waals surface area contributed by atoms with Crippen molar-refractivity contribution in [2.24, 2.45) is 5.73 Å². The van der Waals surface area contributed by atoms with E-state index >= 15 is 0 Å². The number of carbonyl (C=O) groups excluding carboxylic acids is 1. The van der Waals surface area contributed by atoms with Crippen LogP contribution < -0.4 is 20.5 Å². The Morgan fingerprint density at radius 2 is 2.11 bits per heavy atom. The Balaban J connectivity index is 2.05. The van der Waals surface area contributed by atoms with Gasteiger partial charge in [-0.25, -0.2) is 0 Å². The van der Waals surface area contributed by atoms with Gasteiger partial charge in [-0.15, -0.1) is 0 Å². The van der Waals surface area contributed by atoms with Crippen molar-refractivity contribution in [3.63, 3.8) is 0 Å². The van der Waals surface area contributed by atoms with Gasteiger partial charge in [0, 0.05) is 12.1 Å². The molecule has 3 N–H and O–H groups in total. The zero-order valence-corrected chi connectivity index (χ0v) is 10.7. The van der Waals surface area contributed by atoms with Gasteiger partial charge in [0.2, 0.25) is 5.91 Å². The van der Waals surface area contributed by atoms with E-state index in [0.29, 0.717) is 6.54 Å². The minimum atomic E-state index is -0.647. The third kappa shape index (κ3) is 2.56. The second kappa shape index (κ2) is 4.86. The quantitative estimate of drug-likeness (QED) is 0.811. The number of nitrogens with one attached hydrogen (secondary N) is 1. The van der Waals surface area contributed by atoms with E-state index in [-0.39, 0.29) is 5.91 Å². The van der Waals surface area contributed by atoms with Gasteiger partial charge in [-0.3, -0.25) is 4.79 Å². The molecule has 5 heteroatoms. The predicted molar refractivity (Wildman–Crippen MR) is 67.5 cm³/mol. The van der Waals surface area contributed by atoms with Crippen LogP contribution in [0.5, 0.6) is 11.5 Å². The van der Waals surface area contributed by atoms with Crippen molar-refractivity contribution in [1.82, 2.24) is 5.32 Å². The number of carbonyl (C=O) groups is 1. The number of ether oxygens (including phenoxy) is 2. The molecule has 0 bridgehead atoms. The molecule has 5 nitrogen and oxygen atoms in total. The molecular formula is C13H18N2O3. The van der Waals surface area contributed by atoms with Crippen LogP contribution >= 0.6 is 0 Å². The molecule has 18 heavy (non-hydrogen) atoms. The summed E-state index contributed by atoms with van der Waals surface area (Å²) in [5.74, 6) is 1.35. The van der Waals surface area contributed by atoms with Crippen LogP contribution in [-0.2, 0) is 11.3 Å². The first kappa shape index (κ1) is 12.7. The van der Waals surface area contributed by atoms with Gasteiger partial charge in [0.25, 0.3) is 0 Å². The standard InChI is InChI=1S/C13H18N2O3/c1-17-10-3-4-11(18-2)9(7-10)8-15-12(16)13(14)5-6-13/h3-4,7H,5-6,8,14H2,1-2H3,(H,15,16). The van der Waals surface area contributed by atoms with Crippen LogP contribution in [0, 0.1) is 0 Å². The van der Waals surface area contributed by atoms with E-state index in [4.69, 9.17) is 15.2 Å². The lowest BCUT2D eigenvalue weighted by molar-refractivity contribution is -0.123. The molecule has 2 rings (SSSR count). The number of hydrogen-bond donors (Lipinski definition) is 2. The topological polar surface area (TPSA) is 73.6 Å². The second-order valence-electron chi connectivity index (χ2n) is 4.52. The van der Waals surface area contributed by atoms with Gasteiger partial charge in [0.05, 0.1) is 19.8 Å². The third-order valence-electron chi connectivity index (χ3n) is 3.17. The van der Waals surface area contributed by atoms with Crippen LogP contribution in [0.25, 0.3) is 0 Å². The summed E-state index contributed by atoms with van der Waals surface area (Å²) in [5.41, 5.74) is 6.04. The lowest BCUT2D eigenvalue weighted by atomic mass is 10.1. The number of rotatable bonds is 5. The van der Waals surface area contributed by atoms with Crippen molar-refractivity contribution in [2.75, 3.05) is 14.2 Å². The summed E-state index contributed by atoms with van der Waals surface area (Å²) >= 11 is 0. The summed E-state index contributed by atoms with van der Waals surface area (Å²) in [5, 5.41) is 2.83. The highest BCUT2D eigenvalue weighted by Gasteiger charge is 2.45. The van der Waals surface area contributed by atoms with E-state index in [0.717, 1.165) is 29.9 Å². The molecule has 98 valence electrons. The number of methoxy groups -OCH3 is 2. The minimum absolute atomic E-state index is 0.104. The van der Waals surface area contributed by atoms with E-state index in [9.17, 15) is 4.79 Å². The lowest BCUT2D eigenvalue weighted by Gasteiger charge is -2.13. The molecule has 1 fully saturated rings. The second-order valence-corrected chi connectivity index (χ2v) is 4.52. The van der Waals surface area contributed by atoms with Gasteiger partial charge in [-0.1, -0.05) is 0 Å². The summed E-state index contributed by atoms with van der Waals surface area (Å²) in [7, 11) is 3.20. The monoisotopic (exact) mass is 250 g/mol. The van der Waals surface area contributed by atoms with Gasteiger partial charge in [0.1, 0.15) is 11.5 Å². The van der Waals surface area contributed by atoms with Crippen LogP contribution in [0.2, 0.25) is 0 Å². The Labute approximate surface area is 106 Å². The molecule has 1 aromatic rings. The molecule has 0 aromatic heterocycles. The molecular weight excluding hydrogens is 232 g/mol. The molecule has 1 amide bonds. The SMILES string of the molecule is COc1ccc(OC)c(CNC(=O)C2(N)CC2)c1. The van der Waals surface area contributed by atoms with E-state index < -0.39 is 5.54 Å². The maximum atomic E-state index is 11.7. The smallest absolute Gasteiger partial charge is 0.240 e. The number of nitrogens with two attached hydrogens (primary N) is 1. The molecule has 0 spiro atoms. The predicted octanol–water partition coefficient (Wildman–Crippen LogP) is 0.811. The van der Waals surface area contributed by atoms with Crippen LogP contribution in [0.1, 0.15) is 18.4 Å². The van der Waals surface area contributed by atoms with Gasteiger partial charge in [-0.05, 0) is 31.0 Å². The maximum absolute atomic E-state index is 11.7. The first-order valence-electron chi connectivity index (χ1n) is 5.87. The van der Waals surface area contributed by atoms with Crippen LogP contribution in [0.4, 0.5) is 0 Å². The average Bonchev–Trinajstić information content (AvgIpc) is 3.14. The average molecular weight is 250 g/mol. The molecule has 0 unspecified atom stereocenters. The molecule has 0 heterocycles. The van der Waals surface area contributed by atoms with Gasteiger partial charge >= 0.3 is 0 Å². The van der Waals surface area contributed by atoms with E-state index in [1.54, 1.807) is 14.2 Å². The Morgan fingerprint density at radius 1 is 1.39 bits per heavy atom. The fourth-order valence-electron chi connectivity index (χ4n) is 1.73. The van der Waals surface area contributed by atoms with Crippen molar-refractivity contribution in [2.45, 2.75) is 24.9 Å². The molecule has 1 saturated carbocycles. The third-order valence-corrected chi connectivity index (χ3v) is 3.17. The van der Waals surface area contributed by atoms with Gasteiger partial charge in [0.15, 0.2) is 0 Å². The van der Waals surface area contributed by atoms with Crippen molar-refractivity contribution in [3.05, 3.63) is 23.8 Å². The summed E-state index contributed by atoms with van der Waals surface area (Å²) in [6, 6.07) is 5.47. The van der Waals surface area contributed by atoms with Crippen molar-refractivity contribution >= 4 is 5.91 Å². The lowest BCUT2D eigenvalue weighted by Crippen LogP contribution is -2.42. The Hall–Kier alpha value is -1.75. The van der Waals surface area contributed by atoms with E-state index in [2.05, 4.69) is 5.32 Å². The number of benzene rings is 1. The van der Waals surface area contributed by atoms with Crippen molar-refractivity contribution < 1.29 is 14.3 Å². The summed E-state index contributed by atoms with van der Waals surface area (Å²) in [4.78, 5) is 11.7. The fraction of sp³-hybridized carbons (Fsp3) is 0.462.